The molecule has 2 heterocycles. The van der Waals surface area contributed by atoms with E-state index in [9.17, 15) is 4.39 Å². The summed E-state index contributed by atoms with van der Waals surface area (Å²) in [7, 11) is 0. The molecule has 0 aliphatic carbocycles. The Morgan fingerprint density at radius 3 is 2.84 bits per heavy atom. The molecule has 3 rings (SSSR count). The zero-order valence-electron chi connectivity index (χ0n) is 9.98. The second-order valence-electron chi connectivity index (χ2n) is 4.25. The van der Waals surface area contributed by atoms with Crippen LogP contribution in [0, 0.1) is 5.82 Å². The highest BCUT2D eigenvalue weighted by Crippen LogP contribution is 2.25. The standard InChI is InChI=1S/C14H11BrFN3/c15-10-1-2-11(12(16)6-10)13-8-19-4-3-9(7-17)5-14(19)18-13/h1-6,8H,7,17H2. The van der Waals surface area contributed by atoms with Gasteiger partial charge in [-0.3, -0.25) is 0 Å². The van der Waals surface area contributed by atoms with Crippen molar-refractivity contribution in [2.75, 3.05) is 0 Å². The Hall–Kier alpha value is -1.72. The molecule has 3 aromatic rings. The number of nitrogens with zero attached hydrogens (tertiary/aromatic N) is 2. The maximum atomic E-state index is 13.9. The number of aromatic nitrogens is 2. The molecule has 2 aromatic heterocycles. The van der Waals surface area contributed by atoms with Crippen LogP contribution in [0.15, 0.2) is 47.2 Å². The van der Waals surface area contributed by atoms with E-state index in [0.29, 0.717) is 22.3 Å². The molecule has 0 atom stereocenters. The summed E-state index contributed by atoms with van der Waals surface area (Å²) in [5.74, 6) is -0.295. The van der Waals surface area contributed by atoms with Crippen LogP contribution in [0.2, 0.25) is 0 Å². The summed E-state index contributed by atoms with van der Waals surface area (Å²) in [5, 5.41) is 0. The second-order valence-corrected chi connectivity index (χ2v) is 5.17. The topological polar surface area (TPSA) is 43.3 Å². The minimum Gasteiger partial charge on any atom is -0.326 e. The molecule has 0 aliphatic heterocycles. The summed E-state index contributed by atoms with van der Waals surface area (Å²) in [6.45, 7) is 0.464. The van der Waals surface area contributed by atoms with E-state index in [1.165, 1.54) is 6.07 Å². The SMILES string of the molecule is NCc1ccn2cc(-c3ccc(Br)cc3F)nc2c1. The molecule has 19 heavy (non-hydrogen) atoms. The van der Waals surface area contributed by atoms with Gasteiger partial charge in [0.2, 0.25) is 0 Å². The van der Waals surface area contributed by atoms with E-state index >= 15 is 0 Å². The van der Waals surface area contributed by atoms with Crippen LogP contribution in [-0.4, -0.2) is 9.38 Å². The number of nitrogens with two attached hydrogens (primary N) is 1. The first-order chi connectivity index (χ1) is 9.17. The van der Waals surface area contributed by atoms with Gasteiger partial charge in [-0.15, -0.1) is 0 Å². The number of pyridine rings is 1. The van der Waals surface area contributed by atoms with Crippen molar-refractivity contribution in [3.63, 3.8) is 0 Å². The van der Waals surface area contributed by atoms with E-state index in [-0.39, 0.29) is 5.82 Å². The van der Waals surface area contributed by atoms with Gasteiger partial charge in [-0.05, 0) is 35.9 Å². The van der Waals surface area contributed by atoms with Gasteiger partial charge in [-0.25, -0.2) is 9.37 Å². The number of rotatable bonds is 2. The Labute approximate surface area is 118 Å². The van der Waals surface area contributed by atoms with E-state index in [1.54, 1.807) is 12.1 Å². The van der Waals surface area contributed by atoms with Crippen LogP contribution in [0.25, 0.3) is 16.9 Å². The summed E-state index contributed by atoms with van der Waals surface area (Å²) in [6.07, 6.45) is 3.69. The van der Waals surface area contributed by atoms with Crippen molar-refractivity contribution in [3.05, 3.63) is 58.6 Å². The van der Waals surface area contributed by atoms with Gasteiger partial charge in [0.05, 0.1) is 5.69 Å². The molecule has 2 N–H and O–H groups in total. The molecule has 3 nitrogen and oxygen atoms in total. The normalized spacial score (nSPS) is 11.1. The highest BCUT2D eigenvalue weighted by Gasteiger charge is 2.10. The van der Waals surface area contributed by atoms with Crippen LogP contribution in [0.1, 0.15) is 5.56 Å². The van der Waals surface area contributed by atoms with Gasteiger partial charge in [-0.1, -0.05) is 15.9 Å². The van der Waals surface area contributed by atoms with Crippen LogP contribution in [0.3, 0.4) is 0 Å². The summed E-state index contributed by atoms with van der Waals surface area (Å²) in [6, 6.07) is 8.78. The largest absolute Gasteiger partial charge is 0.326 e. The quantitative estimate of drug-likeness (QED) is 0.787. The Balaban J connectivity index is 2.14. The zero-order valence-corrected chi connectivity index (χ0v) is 11.6. The first kappa shape index (κ1) is 12.3. The number of halogens is 2. The number of benzene rings is 1. The van der Waals surface area contributed by atoms with Gasteiger partial charge < -0.3 is 10.1 Å². The van der Waals surface area contributed by atoms with Gasteiger partial charge in [0, 0.05) is 29.0 Å². The minimum absolute atomic E-state index is 0.295. The second kappa shape index (κ2) is 4.75. The van der Waals surface area contributed by atoms with Crippen molar-refractivity contribution in [3.8, 4) is 11.3 Å². The first-order valence-electron chi connectivity index (χ1n) is 5.80. The van der Waals surface area contributed by atoms with Gasteiger partial charge >= 0.3 is 0 Å². The summed E-state index contributed by atoms with van der Waals surface area (Å²) < 4.78 is 16.5. The van der Waals surface area contributed by atoms with Gasteiger partial charge in [0.25, 0.3) is 0 Å². The lowest BCUT2D eigenvalue weighted by Gasteiger charge is -1.98. The zero-order chi connectivity index (χ0) is 13.4. The lowest BCUT2D eigenvalue weighted by atomic mass is 10.1. The molecule has 0 fully saturated rings. The van der Waals surface area contributed by atoms with Crippen molar-refractivity contribution in [2.24, 2.45) is 5.73 Å². The fourth-order valence-electron chi connectivity index (χ4n) is 1.98. The molecular weight excluding hydrogens is 309 g/mol. The van der Waals surface area contributed by atoms with Crippen molar-refractivity contribution in [2.45, 2.75) is 6.54 Å². The fraction of sp³-hybridized carbons (Fsp3) is 0.0714. The van der Waals surface area contributed by atoms with Crippen molar-refractivity contribution < 1.29 is 4.39 Å². The average Bonchev–Trinajstić information content (AvgIpc) is 2.80. The van der Waals surface area contributed by atoms with Crippen LogP contribution < -0.4 is 5.73 Å². The van der Waals surface area contributed by atoms with Gasteiger partial charge in [0.15, 0.2) is 0 Å². The van der Waals surface area contributed by atoms with Crippen LogP contribution in [0.5, 0.6) is 0 Å². The molecule has 0 radical (unpaired) electrons. The van der Waals surface area contributed by atoms with E-state index in [1.807, 2.05) is 28.9 Å². The molecule has 0 amide bonds. The smallest absolute Gasteiger partial charge is 0.137 e. The van der Waals surface area contributed by atoms with E-state index in [4.69, 9.17) is 5.73 Å². The van der Waals surface area contributed by atoms with E-state index < -0.39 is 0 Å². The van der Waals surface area contributed by atoms with Crippen molar-refractivity contribution >= 4 is 21.6 Å². The molecule has 0 saturated heterocycles. The highest BCUT2D eigenvalue weighted by molar-refractivity contribution is 9.10. The van der Waals surface area contributed by atoms with Crippen molar-refractivity contribution in [1.29, 1.82) is 0 Å². The Morgan fingerprint density at radius 1 is 1.26 bits per heavy atom. The lowest BCUT2D eigenvalue weighted by Crippen LogP contribution is -1.96. The Morgan fingerprint density at radius 2 is 2.11 bits per heavy atom. The number of fused-ring (bicyclic) bond motifs is 1. The first-order valence-corrected chi connectivity index (χ1v) is 6.60. The van der Waals surface area contributed by atoms with Gasteiger partial charge in [-0.2, -0.15) is 0 Å². The summed E-state index contributed by atoms with van der Waals surface area (Å²) in [4.78, 5) is 4.43. The van der Waals surface area contributed by atoms with Crippen LogP contribution >= 0.6 is 15.9 Å². The third kappa shape index (κ3) is 2.27. The molecule has 5 heteroatoms. The van der Waals surface area contributed by atoms with Crippen LogP contribution in [0.4, 0.5) is 4.39 Å². The Bertz CT molecular complexity index is 752. The average molecular weight is 320 g/mol. The van der Waals surface area contributed by atoms with Crippen LogP contribution in [-0.2, 0) is 6.54 Å². The van der Waals surface area contributed by atoms with E-state index in [0.717, 1.165) is 11.2 Å². The molecular formula is C14H11BrFN3. The van der Waals surface area contributed by atoms with Crippen molar-refractivity contribution in [1.82, 2.24) is 9.38 Å². The third-order valence-corrected chi connectivity index (χ3v) is 3.46. The molecule has 0 unspecified atom stereocenters. The fourth-order valence-corrected chi connectivity index (χ4v) is 2.31. The summed E-state index contributed by atoms with van der Waals surface area (Å²) in [5.41, 5.74) is 8.46. The van der Waals surface area contributed by atoms with E-state index in [2.05, 4.69) is 20.9 Å². The maximum absolute atomic E-state index is 13.9. The molecule has 96 valence electrons. The predicted octanol–water partition coefficient (Wildman–Crippen LogP) is 3.36. The third-order valence-electron chi connectivity index (χ3n) is 2.97. The molecule has 0 spiro atoms. The number of imidazole rings is 1. The molecule has 0 aliphatic rings. The molecule has 1 aromatic carbocycles. The predicted molar refractivity (Wildman–Crippen MR) is 76.2 cm³/mol. The number of hydrogen-bond acceptors (Lipinski definition) is 2. The molecule has 0 saturated carbocycles. The monoisotopic (exact) mass is 319 g/mol. The number of hydrogen-bond donors (Lipinski definition) is 1. The highest BCUT2D eigenvalue weighted by atomic mass is 79.9. The lowest BCUT2D eigenvalue weighted by molar-refractivity contribution is 0.630. The minimum atomic E-state index is -0.295. The maximum Gasteiger partial charge on any atom is 0.137 e. The summed E-state index contributed by atoms with van der Waals surface area (Å²) >= 11 is 3.24. The Kier molecular flexibility index (Phi) is 3.08. The molecule has 0 bridgehead atoms. The van der Waals surface area contributed by atoms with Gasteiger partial charge in [0.1, 0.15) is 11.5 Å².